The molecule has 0 heterocycles. The van der Waals surface area contributed by atoms with Crippen LogP contribution in [0.2, 0.25) is 0 Å². The molecule has 16 heteroatoms. The second-order valence-electron chi connectivity index (χ2n) is 10.3. The van der Waals surface area contributed by atoms with Crippen molar-refractivity contribution in [2.24, 2.45) is 20.6 Å². The Bertz CT molecular complexity index is 2310. The van der Waals surface area contributed by atoms with Gasteiger partial charge >= 0.3 is 0 Å². The normalized spacial score (nSPS) is 12.2. The van der Waals surface area contributed by atoms with E-state index >= 15 is 0 Å². The molecule has 0 amide bonds. The summed E-state index contributed by atoms with van der Waals surface area (Å²) in [5, 5.41) is 15.7. The van der Waals surface area contributed by atoms with Gasteiger partial charge < -0.3 is 19.4 Å². The van der Waals surface area contributed by atoms with E-state index in [4.69, 9.17) is 19.4 Å². The minimum Gasteiger partial charge on any atom is -0.391 e. The first-order valence-electron chi connectivity index (χ1n) is 14.7. The molecule has 0 aliphatic rings. The van der Waals surface area contributed by atoms with Crippen molar-refractivity contribution in [3.05, 3.63) is 149 Å². The summed E-state index contributed by atoms with van der Waals surface area (Å²) in [6, 6.07) is 32.9. The van der Waals surface area contributed by atoms with E-state index in [1.807, 2.05) is 42.5 Å². The first-order valence-corrected chi connectivity index (χ1v) is 17.6. The lowest BCUT2D eigenvalue weighted by Crippen LogP contribution is -2.07. The van der Waals surface area contributed by atoms with Crippen LogP contribution in [-0.4, -0.2) is 50.8 Å². The van der Waals surface area contributed by atoms with E-state index in [9.17, 15) is 25.9 Å². The fraction of sp³-hybridized carbons (Fsp3) is 0.0286. The maximum atomic E-state index is 11.7. The van der Waals surface area contributed by atoms with Crippen LogP contribution in [0.15, 0.2) is 152 Å². The van der Waals surface area contributed by atoms with Crippen molar-refractivity contribution in [3.8, 4) is 17.2 Å². The monoisotopic (exact) mass is 728 g/mol. The number of nitrogens with zero attached hydrogens (tertiary/aromatic N) is 4. The van der Waals surface area contributed by atoms with Gasteiger partial charge in [0.1, 0.15) is 11.5 Å². The van der Waals surface area contributed by atoms with Gasteiger partial charge in [-0.05, 0) is 70.8 Å². The van der Waals surface area contributed by atoms with E-state index in [0.717, 1.165) is 29.5 Å². The minimum absolute atomic E-state index is 0.185. The molecular formula is C35H28N4O10S2. The van der Waals surface area contributed by atoms with Crippen LogP contribution in [0.1, 0.15) is 27.8 Å². The van der Waals surface area contributed by atoms with Crippen molar-refractivity contribution in [1.82, 2.24) is 0 Å². The summed E-state index contributed by atoms with van der Waals surface area (Å²) < 4.78 is 64.9. The highest BCUT2D eigenvalue weighted by Crippen LogP contribution is 2.20. The number of benzene rings is 5. The molecule has 5 rings (SSSR count). The molecule has 2 N–H and O–H groups in total. The average Bonchev–Trinajstić information content (AvgIpc) is 3.10. The quantitative estimate of drug-likeness (QED) is 0.0737. The van der Waals surface area contributed by atoms with Gasteiger partial charge in [-0.2, -0.15) is 16.8 Å². The Balaban J connectivity index is 1.13. The van der Waals surface area contributed by atoms with Crippen LogP contribution in [0.4, 0.5) is 0 Å². The first-order chi connectivity index (χ1) is 24.5. The third-order valence-electron chi connectivity index (χ3n) is 6.56. The summed E-state index contributed by atoms with van der Waals surface area (Å²) in [4.78, 5) is 20.1. The Morgan fingerprint density at radius 2 is 1.00 bits per heavy atom. The molecule has 0 aromatic heterocycles. The molecule has 14 nitrogen and oxygen atoms in total. The Kier molecular flexibility index (Phi) is 12.0. The summed E-state index contributed by atoms with van der Waals surface area (Å²) in [5.74, 6) is 1.17. The first kappa shape index (κ1) is 36.1. The highest BCUT2D eigenvalue weighted by Gasteiger charge is 2.19. The lowest BCUT2D eigenvalue weighted by Gasteiger charge is -2.05. The van der Waals surface area contributed by atoms with Crippen molar-refractivity contribution < 1.29 is 45.3 Å². The van der Waals surface area contributed by atoms with Crippen LogP contribution in [0.3, 0.4) is 0 Å². The van der Waals surface area contributed by atoms with Gasteiger partial charge in [-0.25, -0.2) is 0 Å². The molecule has 0 bridgehead atoms. The van der Waals surface area contributed by atoms with Gasteiger partial charge in [0.15, 0.2) is 17.2 Å². The van der Waals surface area contributed by atoms with Gasteiger partial charge in [-0.1, -0.05) is 93.4 Å². The molecule has 5 aromatic carbocycles. The third kappa shape index (κ3) is 11.4. The van der Waals surface area contributed by atoms with Crippen LogP contribution in [0.5, 0.6) is 17.2 Å². The summed E-state index contributed by atoms with van der Waals surface area (Å²) in [6.07, 6.45) is 5.48. The van der Waals surface area contributed by atoms with Crippen LogP contribution < -0.4 is 14.5 Å². The second kappa shape index (κ2) is 17.0. The zero-order valence-electron chi connectivity index (χ0n) is 26.3. The van der Waals surface area contributed by atoms with Crippen LogP contribution >= 0.6 is 0 Å². The topological polar surface area (TPSA) is 195 Å². The highest BCUT2D eigenvalue weighted by molar-refractivity contribution is 7.86. The van der Waals surface area contributed by atoms with Crippen molar-refractivity contribution in [2.75, 3.05) is 0 Å². The number of hydrogen-bond acceptors (Lipinski definition) is 12. The standard InChI is InChI=1S/C35H28N4O10S2/c40-50(41,42)34-16-15-30(35(20-34)51(43,44)45)24-39-49-33-14-6-11-29(19-33)23-38-48-32-13-5-10-28(18-32)22-37-47-31-12-4-9-27(17-31)21-36-46-25-26-7-2-1-3-8-26/h1-24H,25H2,(H,40,41,42)(H,43,44,45)/b36-21+,37-22+,38-23+,39-24+. The van der Waals surface area contributed by atoms with E-state index in [-0.39, 0.29) is 11.3 Å². The number of hydrogen-bond donors (Lipinski definition) is 2. The van der Waals surface area contributed by atoms with E-state index in [1.165, 1.54) is 12.4 Å². The van der Waals surface area contributed by atoms with E-state index < -0.39 is 30.0 Å². The largest absolute Gasteiger partial charge is 0.391 e. The molecular weight excluding hydrogens is 701 g/mol. The van der Waals surface area contributed by atoms with Crippen molar-refractivity contribution in [2.45, 2.75) is 16.4 Å². The zero-order valence-corrected chi connectivity index (χ0v) is 28.0. The van der Waals surface area contributed by atoms with Gasteiger partial charge in [0.05, 0.1) is 29.8 Å². The van der Waals surface area contributed by atoms with E-state index in [1.54, 1.807) is 66.9 Å². The average molecular weight is 729 g/mol. The SMILES string of the molecule is O=S(=O)(O)c1ccc(/C=N/Oc2cccc(/C=N/Oc3cccc(/C=N/Oc4cccc(/C=N/OCc5ccccc5)c4)c3)c2)c(S(=O)(=O)O)c1. The van der Waals surface area contributed by atoms with Crippen LogP contribution in [-0.2, 0) is 31.7 Å². The minimum atomic E-state index is -4.86. The Morgan fingerprint density at radius 3 is 1.49 bits per heavy atom. The van der Waals surface area contributed by atoms with Crippen molar-refractivity contribution in [1.29, 1.82) is 0 Å². The fourth-order valence-electron chi connectivity index (χ4n) is 4.18. The molecule has 0 fully saturated rings. The molecule has 5 aromatic rings. The number of oxime groups is 4. The maximum Gasteiger partial charge on any atom is 0.295 e. The van der Waals surface area contributed by atoms with Crippen LogP contribution in [0.25, 0.3) is 0 Å². The van der Waals surface area contributed by atoms with E-state index in [2.05, 4.69) is 20.6 Å². The van der Waals surface area contributed by atoms with Crippen LogP contribution in [0, 0.1) is 0 Å². The lowest BCUT2D eigenvalue weighted by atomic mass is 10.2. The smallest absolute Gasteiger partial charge is 0.295 e. The third-order valence-corrected chi connectivity index (χ3v) is 8.31. The zero-order chi connectivity index (χ0) is 36.1. The predicted molar refractivity (Wildman–Crippen MR) is 189 cm³/mol. The summed E-state index contributed by atoms with van der Waals surface area (Å²) in [7, 11) is -9.57. The summed E-state index contributed by atoms with van der Waals surface area (Å²) in [6.45, 7) is 0.362. The summed E-state index contributed by atoms with van der Waals surface area (Å²) in [5.41, 5.74) is 2.86. The second-order valence-corrected chi connectivity index (χ2v) is 13.1. The molecule has 0 saturated heterocycles. The Morgan fingerprint density at radius 1 is 0.510 bits per heavy atom. The molecule has 0 radical (unpaired) electrons. The molecule has 0 spiro atoms. The van der Waals surface area contributed by atoms with Gasteiger partial charge in [-0.3, -0.25) is 9.11 Å². The molecule has 0 atom stereocenters. The molecule has 51 heavy (non-hydrogen) atoms. The molecule has 0 aliphatic carbocycles. The Hall–Kier alpha value is -6.20. The molecule has 260 valence electrons. The number of rotatable bonds is 15. The maximum absolute atomic E-state index is 11.7. The molecule has 0 saturated carbocycles. The lowest BCUT2D eigenvalue weighted by molar-refractivity contribution is 0.132. The molecule has 0 aliphatic heterocycles. The van der Waals surface area contributed by atoms with E-state index in [0.29, 0.717) is 35.3 Å². The molecule has 0 unspecified atom stereocenters. The van der Waals surface area contributed by atoms with Gasteiger partial charge in [0.25, 0.3) is 20.2 Å². The van der Waals surface area contributed by atoms with Gasteiger partial charge in [-0.15, -0.1) is 0 Å². The highest BCUT2D eigenvalue weighted by atomic mass is 32.2. The fourth-order valence-corrected chi connectivity index (χ4v) is 5.46. The van der Waals surface area contributed by atoms with Gasteiger partial charge in [0.2, 0.25) is 0 Å². The summed E-state index contributed by atoms with van der Waals surface area (Å²) >= 11 is 0. The predicted octanol–water partition coefficient (Wildman–Crippen LogP) is 5.97. The Labute approximate surface area is 293 Å². The van der Waals surface area contributed by atoms with Crippen molar-refractivity contribution >= 4 is 45.1 Å². The van der Waals surface area contributed by atoms with Crippen molar-refractivity contribution in [3.63, 3.8) is 0 Å². The van der Waals surface area contributed by atoms with Gasteiger partial charge in [0, 0.05) is 5.56 Å².